The first-order chi connectivity index (χ1) is 14.8. The molecule has 2 fully saturated rings. The van der Waals surface area contributed by atoms with Crippen molar-refractivity contribution in [1.29, 1.82) is 0 Å². The lowest BCUT2D eigenvalue weighted by molar-refractivity contribution is 0.205. The molecule has 168 valence electrons. The highest BCUT2D eigenvalue weighted by molar-refractivity contribution is 5.48. The van der Waals surface area contributed by atoms with Gasteiger partial charge in [0.25, 0.3) is 0 Å². The van der Waals surface area contributed by atoms with E-state index in [9.17, 15) is 0 Å². The molecule has 0 saturated carbocycles. The van der Waals surface area contributed by atoms with Gasteiger partial charge in [0.2, 0.25) is 0 Å². The first-order valence-electron chi connectivity index (χ1n) is 11.7. The maximum Gasteiger partial charge on any atom is 0.125 e. The van der Waals surface area contributed by atoms with Gasteiger partial charge < -0.3 is 19.3 Å². The summed E-state index contributed by atoms with van der Waals surface area (Å²) in [4.78, 5) is 4.68. The van der Waals surface area contributed by atoms with Crippen LogP contribution in [0.1, 0.15) is 46.2 Å². The van der Waals surface area contributed by atoms with E-state index in [-0.39, 0.29) is 0 Å². The maximum absolute atomic E-state index is 6.38. The van der Waals surface area contributed by atoms with Crippen molar-refractivity contribution in [3.8, 4) is 11.5 Å². The first-order valence-corrected chi connectivity index (χ1v) is 11.7. The Bertz CT molecular complexity index is 817. The Labute approximate surface area is 188 Å². The Morgan fingerprint density at radius 1 is 0.677 bits per heavy atom. The number of likely N-dealkylation sites (tertiary alicyclic amines) is 2. The summed E-state index contributed by atoms with van der Waals surface area (Å²) in [5, 5.41) is 0. The van der Waals surface area contributed by atoms with E-state index in [1.165, 1.54) is 33.4 Å². The summed E-state index contributed by atoms with van der Waals surface area (Å²) in [6.07, 6.45) is 3.78. The number of aryl methyl sites for hydroxylation is 4. The van der Waals surface area contributed by atoms with Gasteiger partial charge in [0.1, 0.15) is 23.7 Å². The van der Waals surface area contributed by atoms with Crippen LogP contribution in [0.2, 0.25) is 0 Å². The van der Waals surface area contributed by atoms with Gasteiger partial charge in [-0.15, -0.1) is 0 Å². The summed E-state index contributed by atoms with van der Waals surface area (Å²) < 4.78 is 12.8. The molecule has 4 rings (SSSR count). The number of rotatable bonds is 6. The zero-order valence-corrected chi connectivity index (χ0v) is 20.1. The van der Waals surface area contributed by atoms with Gasteiger partial charge in [-0.2, -0.15) is 0 Å². The van der Waals surface area contributed by atoms with Crippen LogP contribution in [0.15, 0.2) is 24.3 Å². The van der Waals surface area contributed by atoms with Crippen molar-refractivity contribution in [2.45, 2.75) is 59.2 Å². The Morgan fingerprint density at radius 2 is 1.03 bits per heavy atom. The number of hydrogen-bond donors (Lipinski definition) is 0. The molecule has 2 saturated heterocycles. The largest absolute Gasteiger partial charge is 0.488 e. The second-order valence-electron chi connectivity index (χ2n) is 9.88. The average molecular weight is 423 g/mol. The van der Waals surface area contributed by atoms with Crippen molar-refractivity contribution in [2.24, 2.45) is 0 Å². The number of hydrogen-bond acceptors (Lipinski definition) is 4. The molecule has 4 nitrogen and oxygen atoms in total. The van der Waals surface area contributed by atoms with Gasteiger partial charge in [0.15, 0.2) is 0 Å². The van der Waals surface area contributed by atoms with Crippen LogP contribution in [0.5, 0.6) is 11.5 Å². The normalized spacial score (nSPS) is 22.3. The minimum Gasteiger partial charge on any atom is -0.488 e. The summed E-state index contributed by atoms with van der Waals surface area (Å²) in [6, 6.07) is 9.18. The molecule has 0 radical (unpaired) electrons. The molecule has 2 aromatic rings. The van der Waals surface area contributed by atoms with Crippen LogP contribution in [0.4, 0.5) is 0 Å². The topological polar surface area (TPSA) is 24.9 Å². The molecule has 0 N–H and O–H groups in total. The molecular weight excluding hydrogens is 384 g/mol. The van der Waals surface area contributed by atoms with Crippen LogP contribution < -0.4 is 9.47 Å². The molecule has 31 heavy (non-hydrogen) atoms. The van der Waals surface area contributed by atoms with Gasteiger partial charge in [-0.3, -0.25) is 0 Å². The van der Waals surface area contributed by atoms with Crippen molar-refractivity contribution >= 4 is 0 Å². The Kier molecular flexibility index (Phi) is 6.59. The molecule has 0 amide bonds. The summed E-state index contributed by atoms with van der Waals surface area (Å²) in [5.74, 6) is 2.14. The fraction of sp³-hybridized carbons (Fsp3) is 0.556. The minimum absolute atomic E-state index is 0.311. The molecule has 2 aliphatic heterocycles. The maximum atomic E-state index is 6.38. The number of likely N-dealkylation sites (N-methyl/N-ethyl adjacent to an activating group) is 2. The fourth-order valence-electron chi connectivity index (χ4n) is 5.21. The van der Waals surface area contributed by atoms with E-state index in [0.29, 0.717) is 12.2 Å². The summed E-state index contributed by atoms with van der Waals surface area (Å²) >= 11 is 0. The van der Waals surface area contributed by atoms with Crippen molar-refractivity contribution in [2.75, 3.05) is 40.3 Å². The van der Waals surface area contributed by atoms with E-state index in [4.69, 9.17) is 9.47 Å². The second kappa shape index (κ2) is 9.22. The number of benzene rings is 2. The van der Waals surface area contributed by atoms with Crippen LogP contribution in [0.3, 0.4) is 0 Å². The van der Waals surface area contributed by atoms with E-state index in [2.05, 4.69) is 75.9 Å². The van der Waals surface area contributed by atoms with Crippen molar-refractivity contribution in [1.82, 2.24) is 9.80 Å². The van der Waals surface area contributed by atoms with Gasteiger partial charge >= 0.3 is 0 Å². The zero-order valence-electron chi connectivity index (χ0n) is 20.1. The van der Waals surface area contributed by atoms with Crippen LogP contribution in [0.25, 0.3) is 0 Å². The predicted molar refractivity (Wildman–Crippen MR) is 128 cm³/mol. The lowest BCUT2D eigenvalue weighted by Crippen LogP contribution is -2.22. The van der Waals surface area contributed by atoms with Crippen molar-refractivity contribution in [3.63, 3.8) is 0 Å². The van der Waals surface area contributed by atoms with Gasteiger partial charge in [-0.25, -0.2) is 0 Å². The van der Waals surface area contributed by atoms with Gasteiger partial charge in [-0.1, -0.05) is 24.3 Å². The molecule has 2 aromatic carbocycles. The molecule has 0 aromatic heterocycles. The standard InChI is InChI=1S/C27H38N2O2/c1-18-11-22(12-19(2)26(18)30-24-7-9-28(5)16-24)15-23-13-20(3)27(21(4)14-23)31-25-8-10-29(6)17-25/h11-14,24-25H,7-10,15-17H2,1-6H3/t24-,25-/m0/s1. The van der Waals surface area contributed by atoms with Gasteiger partial charge in [-0.05, 0) is 94.4 Å². The lowest BCUT2D eigenvalue weighted by atomic mass is 9.97. The predicted octanol–water partition coefficient (Wildman–Crippen LogP) is 4.68. The molecule has 0 bridgehead atoms. The number of ether oxygens (including phenoxy) is 2. The van der Waals surface area contributed by atoms with Crippen LogP contribution >= 0.6 is 0 Å². The smallest absolute Gasteiger partial charge is 0.125 e. The van der Waals surface area contributed by atoms with Gasteiger partial charge in [0, 0.05) is 26.2 Å². The van der Waals surface area contributed by atoms with Crippen LogP contribution in [0, 0.1) is 27.7 Å². The highest BCUT2D eigenvalue weighted by atomic mass is 16.5. The van der Waals surface area contributed by atoms with Crippen molar-refractivity contribution in [3.05, 3.63) is 57.6 Å². The summed E-state index contributed by atoms with van der Waals surface area (Å²) in [5.41, 5.74) is 7.64. The summed E-state index contributed by atoms with van der Waals surface area (Å²) in [7, 11) is 4.33. The van der Waals surface area contributed by atoms with E-state index in [1.807, 2.05) is 0 Å². The second-order valence-corrected chi connectivity index (χ2v) is 9.88. The Hall–Kier alpha value is -2.04. The Balaban J connectivity index is 1.47. The van der Waals surface area contributed by atoms with Crippen LogP contribution in [-0.2, 0) is 6.42 Å². The SMILES string of the molecule is Cc1cc(Cc2cc(C)c(O[C@H]3CCN(C)C3)c(C)c2)cc(C)c1O[C@H]1CCN(C)C1. The van der Waals surface area contributed by atoms with Crippen LogP contribution in [-0.4, -0.2) is 62.3 Å². The third-order valence-corrected chi connectivity index (χ3v) is 6.71. The molecule has 0 spiro atoms. The van der Waals surface area contributed by atoms with E-state index < -0.39 is 0 Å². The quantitative estimate of drug-likeness (QED) is 0.675. The summed E-state index contributed by atoms with van der Waals surface area (Å²) in [6.45, 7) is 13.0. The zero-order chi connectivity index (χ0) is 22.1. The lowest BCUT2D eigenvalue weighted by Gasteiger charge is -2.20. The number of nitrogens with zero attached hydrogens (tertiary/aromatic N) is 2. The Morgan fingerprint density at radius 3 is 1.32 bits per heavy atom. The molecule has 2 heterocycles. The van der Waals surface area contributed by atoms with E-state index in [0.717, 1.165) is 56.9 Å². The third-order valence-electron chi connectivity index (χ3n) is 6.71. The molecule has 4 heteroatoms. The fourth-order valence-corrected chi connectivity index (χ4v) is 5.21. The highest BCUT2D eigenvalue weighted by Crippen LogP contribution is 2.31. The monoisotopic (exact) mass is 422 g/mol. The molecule has 2 atom stereocenters. The molecule has 0 unspecified atom stereocenters. The molecular formula is C27H38N2O2. The van der Waals surface area contributed by atoms with E-state index >= 15 is 0 Å². The highest BCUT2D eigenvalue weighted by Gasteiger charge is 2.23. The average Bonchev–Trinajstić information content (AvgIpc) is 3.29. The minimum atomic E-state index is 0.311. The molecule has 0 aliphatic carbocycles. The third kappa shape index (κ3) is 5.24. The van der Waals surface area contributed by atoms with E-state index in [1.54, 1.807) is 0 Å². The van der Waals surface area contributed by atoms with Crippen molar-refractivity contribution < 1.29 is 9.47 Å². The van der Waals surface area contributed by atoms with Gasteiger partial charge in [0.05, 0.1) is 0 Å². The molecule has 2 aliphatic rings. The first kappa shape index (κ1) is 22.2.